The van der Waals surface area contributed by atoms with Gasteiger partial charge in [0, 0.05) is 16.9 Å². The number of nitrogens with zero attached hydrogens (tertiary/aromatic N) is 1. The Labute approximate surface area is 147 Å². The molecule has 0 spiro atoms. The summed E-state index contributed by atoms with van der Waals surface area (Å²) in [6.07, 6.45) is 0. The van der Waals surface area contributed by atoms with Crippen molar-refractivity contribution >= 4 is 52.1 Å². The number of carbonyl (C=O) groups is 2. The number of halogens is 2. The minimum atomic E-state index is -0.746. The van der Waals surface area contributed by atoms with Crippen molar-refractivity contribution in [2.24, 2.45) is 0 Å². The zero-order chi connectivity index (χ0) is 17.0. The number of rotatable bonds is 5. The van der Waals surface area contributed by atoms with E-state index in [0.29, 0.717) is 6.54 Å². The van der Waals surface area contributed by atoms with Crippen molar-refractivity contribution in [1.82, 2.24) is 4.90 Å². The number of hydrogen-bond acceptors (Lipinski definition) is 5. The van der Waals surface area contributed by atoms with Gasteiger partial charge in [0.2, 0.25) is 0 Å². The van der Waals surface area contributed by atoms with Gasteiger partial charge in [0.05, 0.1) is 22.8 Å². The lowest BCUT2D eigenvalue weighted by Crippen LogP contribution is -2.30. The molecule has 0 aliphatic rings. The third-order valence-electron chi connectivity index (χ3n) is 3.04. The van der Waals surface area contributed by atoms with Crippen molar-refractivity contribution < 1.29 is 14.3 Å². The average molecular weight is 373 g/mol. The molecule has 2 aromatic rings. The Morgan fingerprint density at radius 2 is 2.09 bits per heavy atom. The first kappa shape index (κ1) is 17.6. The molecule has 0 aliphatic heterocycles. The summed E-state index contributed by atoms with van der Waals surface area (Å²) in [6.45, 7) is 0.0729. The fraction of sp³-hybridized carbons (Fsp3) is 0.200. The SMILES string of the molecule is CN(Cc1cccs1)C(=O)COC(=O)c1cc(Cl)cc(Cl)c1N. The molecule has 1 aromatic carbocycles. The van der Waals surface area contributed by atoms with Gasteiger partial charge in [-0.15, -0.1) is 11.3 Å². The zero-order valence-corrected chi connectivity index (χ0v) is 14.5. The van der Waals surface area contributed by atoms with Crippen LogP contribution in [0.5, 0.6) is 0 Å². The molecule has 0 saturated carbocycles. The molecule has 122 valence electrons. The van der Waals surface area contributed by atoms with Crippen molar-refractivity contribution in [3.05, 3.63) is 50.1 Å². The molecule has 1 amide bonds. The summed E-state index contributed by atoms with van der Waals surface area (Å²) in [5, 5.41) is 2.35. The summed E-state index contributed by atoms with van der Waals surface area (Å²) in [7, 11) is 1.64. The summed E-state index contributed by atoms with van der Waals surface area (Å²) in [4.78, 5) is 26.5. The summed E-state index contributed by atoms with van der Waals surface area (Å²) in [6, 6.07) is 6.61. The van der Waals surface area contributed by atoms with Crippen LogP contribution >= 0.6 is 34.5 Å². The minimum absolute atomic E-state index is 0.0382. The Bertz CT molecular complexity index is 720. The van der Waals surface area contributed by atoms with Crippen LogP contribution in [0.2, 0.25) is 10.0 Å². The number of thiophene rings is 1. The molecule has 1 aromatic heterocycles. The van der Waals surface area contributed by atoms with E-state index in [2.05, 4.69) is 0 Å². The Hall–Kier alpha value is -1.76. The van der Waals surface area contributed by atoms with E-state index in [4.69, 9.17) is 33.7 Å². The molecule has 2 N–H and O–H groups in total. The highest BCUT2D eigenvalue weighted by atomic mass is 35.5. The monoisotopic (exact) mass is 372 g/mol. The Morgan fingerprint density at radius 1 is 1.35 bits per heavy atom. The van der Waals surface area contributed by atoms with Gasteiger partial charge >= 0.3 is 5.97 Å². The first-order chi connectivity index (χ1) is 10.9. The molecule has 5 nitrogen and oxygen atoms in total. The highest BCUT2D eigenvalue weighted by Crippen LogP contribution is 2.28. The molecule has 1 heterocycles. The Balaban J connectivity index is 1.95. The highest BCUT2D eigenvalue weighted by molar-refractivity contribution is 7.09. The number of anilines is 1. The number of amides is 1. The lowest BCUT2D eigenvalue weighted by atomic mass is 10.2. The van der Waals surface area contributed by atoms with Crippen molar-refractivity contribution in [3.63, 3.8) is 0 Å². The van der Waals surface area contributed by atoms with Gasteiger partial charge in [-0.1, -0.05) is 29.3 Å². The fourth-order valence-corrected chi connectivity index (χ4v) is 3.04. The predicted molar refractivity (Wildman–Crippen MR) is 91.9 cm³/mol. The normalized spacial score (nSPS) is 10.4. The third kappa shape index (κ3) is 4.60. The quantitative estimate of drug-likeness (QED) is 0.644. The first-order valence-corrected chi connectivity index (χ1v) is 8.20. The summed E-state index contributed by atoms with van der Waals surface area (Å²) in [5.41, 5.74) is 5.83. The fourth-order valence-electron chi connectivity index (χ4n) is 1.79. The molecule has 23 heavy (non-hydrogen) atoms. The van der Waals surface area contributed by atoms with Gasteiger partial charge in [-0.3, -0.25) is 4.79 Å². The van der Waals surface area contributed by atoms with Crippen molar-refractivity contribution in [1.29, 1.82) is 0 Å². The van der Waals surface area contributed by atoms with Crippen LogP contribution in [0.15, 0.2) is 29.6 Å². The van der Waals surface area contributed by atoms with Gasteiger partial charge in [-0.25, -0.2) is 4.79 Å². The number of hydrogen-bond donors (Lipinski definition) is 1. The standard InChI is InChI=1S/C15H14Cl2N2O3S/c1-19(7-10-3-2-4-23-10)13(20)8-22-15(21)11-5-9(16)6-12(17)14(11)18/h2-6H,7-8,18H2,1H3. The lowest BCUT2D eigenvalue weighted by Gasteiger charge is -2.16. The van der Waals surface area contributed by atoms with Crippen LogP contribution in [0.1, 0.15) is 15.2 Å². The molecular weight excluding hydrogens is 359 g/mol. The van der Waals surface area contributed by atoms with E-state index in [1.165, 1.54) is 17.0 Å². The molecular formula is C15H14Cl2N2O3S. The average Bonchev–Trinajstić information content (AvgIpc) is 3.00. The largest absolute Gasteiger partial charge is 0.452 e. The Morgan fingerprint density at radius 3 is 2.74 bits per heavy atom. The second-order valence-corrected chi connectivity index (χ2v) is 6.63. The van der Waals surface area contributed by atoms with Crippen LogP contribution in [0.4, 0.5) is 5.69 Å². The second kappa shape index (κ2) is 7.68. The van der Waals surface area contributed by atoms with E-state index >= 15 is 0 Å². The van der Waals surface area contributed by atoms with Gasteiger partial charge in [-0.2, -0.15) is 0 Å². The van der Waals surface area contributed by atoms with Crippen LogP contribution in [-0.4, -0.2) is 30.4 Å². The zero-order valence-electron chi connectivity index (χ0n) is 12.2. The number of likely N-dealkylation sites (N-methyl/N-ethyl adjacent to an activating group) is 1. The molecule has 0 unspecified atom stereocenters. The molecule has 0 fully saturated rings. The first-order valence-electron chi connectivity index (χ1n) is 6.56. The maximum absolute atomic E-state index is 12.0. The van der Waals surface area contributed by atoms with Crippen molar-refractivity contribution in [2.75, 3.05) is 19.4 Å². The molecule has 0 bridgehead atoms. The van der Waals surface area contributed by atoms with Crippen LogP contribution in [-0.2, 0) is 16.1 Å². The number of ether oxygens (including phenoxy) is 1. The van der Waals surface area contributed by atoms with Crippen LogP contribution in [0.25, 0.3) is 0 Å². The van der Waals surface area contributed by atoms with Crippen LogP contribution in [0.3, 0.4) is 0 Å². The number of nitrogen functional groups attached to an aromatic ring is 1. The molecule has 0 saturated heterocycles. The van der Waals surface area contributed by atoms with E-state index in [1.54, 1.807) is 18.4 Å². The van der Waals surface area contributed by atoms with Crippen LogP contribution < -0.4 is 5.73 Å². The molecule has 0 radical (unpaired) electrons. The van der Waals surface area contributed by atoms with Crippen LogP contribution in [0, 0.1) is 0 Å². The number of carbonyl (C=O) groups excluding carboxylic acids is 2. The van der Waals surface area contributed by atoms with Gasteiger partial charge in [0.25, 0.3) is 5.91 Å². The summed E-state index contributed by atoms with van der Waals surface area (Å²) >= 11 is 13.2. The van der Waals surface area contributed by atoms with Gasteiger partial charge in [0.15, 0.2) is 6.61 Å². The highest BCUT2D eigenvalue weighted by Gasteiger charge is 2.18. The topological polar surface area (TPSA) is 72.6 Å². The van der Waals surface area contributed by atoms with E-state index in [1.807, 2.05) is 17.5 Å². The number of benzene rings is 1. The number of nitrogens with two attached hydrogens (primary N) is 1. The number of esters is 1. The van der Waals surface area contributed by atoms with E-state index < -0.39 is 5.97 Å². The van der Waals surface area contributed by atoms with Crippen molar-refractivity contribution in [2.45, 2.75) is 6.54 Å². The summed E-state index contributed by atoms with van der Waals surface area (Å²) < 4.78 is 5.00. The van der Waals surface area contributed by atoms with E-state index in [0.717, 1.165) is 4.88 Å². The molecule has 8 heteroatoms. The Kier molecular flexibility index (Phi) is 5.87. The smallest absolute Gasteiger partial charge is 0.340 e. The van der Waals surface area contributed by atoms with Gasteiger partial charge in [0.1, 0.15) is 0 Å². The maximum Gasteiger partial charge on any atom is 0.340 e. The second-order valence-electron chi connectivity index (χ2n) is 4.75. The predicted octanol–water partition coefficient (Wildman–Crippen LogP) is 3.45. The van der Waals surface area contributed by atoms with E-state index in [-0.39, 0.29) is 33.8 Å². The third-order valence-corrected chi connectivity index (χ3v) is 4.43. The molecule has 0 aliphatic carbocycles. The maximum atomic E-state index is 12.0. The minimum Gasteiger partial charge on any atom is -0.452 e. The van der Waals surface area contributed by atoms with E-state index in [9.17, 15) is 9.59 Å². The summed E-state index contributed by atoms with van der Waals surface area (Å²) in [5.74, 6) is -1.07. The molecule has 2 rings (SSSR count). The van der Waals surface area contributed by atoms with Gasteiger partial charge < -0.3 is 15.4 Å². The van der Waals surface area contributed by atoms with Gasteiger partial charge in [-0.05, 0) is 23.6 Å². The van der Waals surface area contributed by atoms with Crippen molar-refractivity contribution in [3.8, 4) is 0 Å². The molecule has 0 atom stereocenters. The lowest BCUT2D eigenvalue weighted by molar-refractivity contribution is -0.133.